The van der Waals surface area contributed by atoms with Crippen LogP contribution in [0.2, 0.25) is 0 Å². The Hall–Kier alpha value is -1.25. The molecule has 3 heteroatoms. The van der Waals surface area contributed by atoms with Gasteiger partial charge in [-0.15, -0.1) is 0 Å². The van der Waals surface area contributed by atoms with Gasteiger partial charge in [-0.2, -0.15) is 0 Å². The van der Waals surface area contributed by atoms with Crippen molar-refractivity contribution in [2.75, 3.05) is 20.2 Å². The fourth-order valence-electron chi connectivity index (χ4n) is 0.667. The van der Waals surface area contributed by atoms with Gasteiger partial charge in [0.25, 0.3) is 0 Å². The van der Waals surface area contributed by atoms with Crippen LogP contribution >= 0.6 is 0 Å². The topological polar surface area (TPSA) is 24.8 Å². The van der Waals surface area contributed by atoms with Crippen LogP contribution in [0.15, 0.2) is 29.2 Å². The molecule has 0 unspecified atom stereocenters. The first-order valence-electron chi connectivity index (χ1n) is 4.26. The van der Waals surface area contributed by atoms with E-state index >= 15 is 0 Å². The molecule has 0 amide bonds. The van der Waals surface area contributed by atoms with Crippen molar-refractivity contribution in [2.24, 2.45) is 4.99 Å². The van der Waals surface area contributed by atoms with Crippen LogP contribution in [0.4, 0.5) is 0 Å². The molecule has 0 aromatic carbocycles. The summed E-state index contributed by atoms with van der Waals surface area (Å²) >= 11 is 0. The quantitative estimate of drug-likeness (QED) is 0.464. The Labute approximate surface area is 80.4 Å². The van der Waals surface area contributed by atoms with Crippen LogP contribution in [-0.2, 0) is 4.74 Å². The second-order valence-electron chi connectivity index (χ2n) is 2.84. The summed E-state index contributed by atoms with van der Waals surface area (Å²) in [5.41, 5.74) is 0.812. The smallest absolute Gasteiger partial charge is 0.131 e. The molecule has 0 saturated heterocycles. The minimum atomic E-state index is 0.434. The lowest BCUT2D eigenvalue weighted by molar-refractivity contribution is 0.240. The molecule has 0 aliphatic rings. The van der Waals surface area contributed by atoms with Crippen molar-refractivity contribution in [3.8, 4) is 0 Å². The first-order valence-corrected chi connectivity index (χ1v) is 4.26. The average molecular weight is 182 g/mol. The Kier molecular flexibility index (Phi) is 5.68. The maximum Gasteiger partial charge on any atom is 0.131 e. The molecular weight excluding hydrogens is 164 g/mol. The third-order valence-electron chi connectivity index (χ3n) is 1.54. The molecule has 0 atom stereocenters. The van der Waals surface area contributed by atoms with Gasteiger partial charge in [0.1, 0.15) is 6.61 Å². The zero-order chi connectivity index (χ0) is 10.3. The Bertz CT molecular complexity index is 209. The summed E-state index contributed by atoms with van der Waals surface area (Å²) < 4.78 is 5.22. The van der Waals surface area contributed by atoms with E-state index in [0.717, 1.165) is 12.2 Å². The largest absolute Gasteiger partial charge is 0.493 e. The standard InChI is InChI=1S/C10H18N2O/c1-6-12(5)7-10(11-4)8-13-9(2)3/h7H,2,4,6,8H2,1,3,5H3/b10-7-. The second kappa shape index (κ2) is 6.29. The summed E-state index contributed by atoms with van der Waals surface area (Å²) in [5, 5.41) is 0. The van der Waals surface area contributed by atoms with Crippen molar-refractivity contribution >= 4 is 6.72 Å². The molecule has 0 spiro atoms. The molecule has 0 saturated carbocycles. The lowest BCUT2D eigenvalue weighted by Crippen LogP contribution is -2.11. The van der Waals surface area contributed by atoms with Crippen LogP contribution < -0.4 is 0 Å². The van der Waals surface area contributed by atoms with Gasteiger partial charge in [-0.1, -0.05) is 6.58 Å². The highest BCUT2D eigenvalue weighted by molar-refractivity contribution is 5.29. The van der Waals surface area contributed by atoms with Crippen molar-refractivity contribution in [1.82, 2.24) is 4.90 Å². The summed E-state index contributed by atoms with van der Waals surface area (Å²) in [5.74, 6) is 0.689. The lowest BCUT2D eigenvalue weighted by atomic mass is 10.4. The maximum absolute atomic E-state index is 5.22. The number of rotatable bonds is 6. The molecule has 0 aliphatic carbocycles. The number of ether oxygens (including phenoxy) is 1. The second-order valence-corrected chi connectivity index (χ2v) is 2.84. The molecule has 0 heterocycles. The van der Waals surface area contributed by atoms with Crippen LogP contribution in [0.3, 0.4) is 0 Å². The molecule has 0 aliphatic heterocycles. The molecule has 0 fully saturated rings. The molecule has 0 bridgehead atoms. The number of aliphatic imine (C=N–C) groups is 1. The average Bonchev–Trinajstić information content (AvgIpc) is 2.11. The highest BCUT2D eigenvalue weighted by Crippen LogP contribution is 2.01. The Morgan fingerprint density at radius 1 is 1.62 bits per heavy atom. The molecule has 0 aromatic heterocycles. The third-order valence-corrected chi connectivity index (χ3v) is 1.54. The van der Waals surface area contributed by atoms with Crippen LogP contribution in [0.1, 0.15) is 13.8 Å². The van der Waals surface area contributed by atoms with Crippen LogP contribution in [0, 0.1) is 0 Å². The molecule has 13 heavy (non-hydrogen) atoms. The van der Waals surface area contributed by atoms with Crippen molar-refractivity contribution in [1.29, 1.82) is 0 Å². The van der Waals surface area contributed by atoms with Crippen molar-refractivity contribution in [2.45, 2.75) is 13.8 Å². The van der Waals surface area contributed by atoms with Gasteiger partial charge in [-0.3, -0.25) is 4.99 Å². The van der Waals surface area contributed by atoms with Gasteiger partial charge in [0.15, 0.2) is 0 Å². The monoisotopic (exact) mass is 182 g/mol. The van der Waals surface area contributed by atoms with Crippen LogP contribution in [-0.4, -0.2) is 31.8 Å². The van der Waals surface area contributed by atoms with E-state index in [1.54, 1.807) is 0 Å². The summed E-state index contributed by atoms with van der Waals surface area (Å²) in [6, 6.07) is 0. The molecule has 0 rings (SSSR count). The highest BCUT2D eigenvalue weighted by Gasteiger charge is 1.96. The van der Waals surface area contributed by atoms with Gasteiger partial charge < -0.3 is 9.64 Å². The summed E-state index contributed by atoms with van der Waals surface area (Å²) in [4.78, 5) is 5.87. The zero-order valence-electron chi connectivity index (χ0n) is 8.71. The van der Waals surface area contributed by atoms with E-state index in [1.807, 2.05) is 25.1 Å². The minimum absolute atomic E-state index is 0.434. The SMILES string of the molecule is C=N/C(=C\N(C)CC)COC(=C)C. The minimum Gasteiger partial charge on any atom is -0.493 e. The van der Waals surface area contributed by atoms with Crippen molar-refractivity contribution in [3.05, 3.63) is 24.2 Å². The number of nitrogens with zero attached hydrogens (tertiary/aromatic N) is 2. The summed E-state index contributed by atoms with van der Waals surface area (Å²) in [6.07, 6.45) is 1.91. The van der Waals surface area contributed by atoms with Gasteiger partial charge in [0.2, 0.25) is 0 Å². The summed E-state index contributed by atoms with van der Waals surface area (Å²) in [7, 11) is 1.98. The molecular formula is C10H18N2O. The third kappa shape index (κ3) is 5.96. The first kappa shape index (κ1) is 11.8. The van der Waals surface area contributed by atoms with E-state index in [2.05, 4.69) is 25.2 Å². The van der Waals surface area contributed by atoms with Crippen molar-refractivity contribution < 1.29 is 4.74 Å². The molecule has 0 aromatic rings. The molecule has 3 nitrogen and oxygen atoms in total. The maximum atomic E-state index is 5.22. The highest BCUT2D eigenvalue weighted by atomic mass is 16.5. The Morgan fingerprint density at radius 3 is 2.62 bits per heavy atom. The van der Waals surface area contributed by atoms with Crippen LogP contribution in [0.25, 0.3) is 0 Å². The predicted octanol–water partition coefficient (Wildman–Crippen LogP) is 2.03. The van der Waals surface area contributed by atoms with Gasteiger partial charge in [0, 0.05) is 19.8 Å². The normalized spacial score (nSPS) is 10.8. The van der Waals surface area contributed by atoms with E-state index in [0.29, 0.717) is 12.4 Å². The Morgan fingerprint density at radius 2 is 2.23 bits per heavy atom. The number of hydrogen-bond donors (Lipinski definition) is 0. The van der Waals surface area contributed by atoms with Gasteiger partial charge in [0.05, 0.1) is 11.5 Å². The molecule has 0 radical (unpaired) electrons. The van der Waals surface area contributed by atoms with E-state index in [-0.39, 0.29) is 0 Å². The number of hydrogen-bond acceptors (Lipinski definition) is 3. The lowest BCUT2D eigenvalue weighted by Gasteiger charge is -2.12. The van der Waals surface area contributed by atoms with Gasteiger partial charge >= 0.3 is 0 Å². The van der Waals surface area contributed by atoms with Crippen LogP contribution in [0.5, 0.6) is 0 Å². The summed E-state index contributed by atoms with van der Waals surface area (Å²) in [6.45, 7) is 12.4. The van der Waals surface area contributed by atoms with E-state index in [1.165, 1.54) is 0 Å². The predicted molar refractivity (Wildman–Crippen MR) is 56.7 cm³/mol. The van der Waals surface area contributed by atoms with Gasteiger partial charge in [-0.05, 0) is 20.6 Å². The first-order chi connectivity index (χ1) is 6.10. The number of allylic oxidation sites excluding steroid dienone is 1. The van der Waals surface area contributed by atoms with E-state index < -0.39 is 0 Å². The van der Waals surface area contributed by atoms with Gasteiger partial charge in [-0.25, -0.2) is 0 Å². The van der Waals surface area contributed by atoms with E-state index in [9.17, 15) is 0 Å². The molecule has 0 N–H and O–H groups in total. The van der Waals surface area contributed by atoms with Crippen molar-refractivity contribution in [3.63, 3.8) is 0 Å². The fraction of sp³-hybridized carbons (Fsp3) is 0.500. The Balaban J connectivity index is 4.08. The fourth-order valence-corrected chi connectivity index (χ4v) is 0.667. The van der Waals surface area contributed by atoms with E-state index in [4.69, 9.17) is 4.74 Å². The molecule has 74 valence electrons. The zero-order valence-corrected chi connectivity index (χ0v) is 8.71.